The number of alkyl carbamates (subject to hydrolysis) is 1. The van der Waals surface area contributed by atoms with E-state index in [0.29, 0.717) is 11.3 Å². The fourth-order valence-corrected chi connectivity index (χ4v) is 2.18. The molecule has 7 nitrogen and oxygen atoms in total. The first-order valence-electron chi connectivity index (χ1n) is 7.96. The summed E-state index contributed by atoms with van der Waals surface area (Å²) in [6.45, 7) is 0.142. The zero-order valence-electron chi connectivity index (χ0n) is 13.7. The molecule has 25 heavy (non-hydrogen) atoms. The summed E-state index contributed by atoms with van der Waals surface area (Å²) >= 11 is 0. The van der Waals surface area contributed by atoms with Gasteiger partial charge < -0.3 is 25.4 Å². The molecular weight excluding hydrogens is 324 g/mol. The van der Waals surface area contributed by atoms with Crippen LogP contribution in [0, 0.1) is 0 Å². The van der Waals surface area contributed by atoms with E-state index in [2.05, 4.69) is 10.3 Å². The molecule has 7 heteroatoms. The molecule has 0 aliphatic rings. The number of aliphatic hydroxyl groups is 3. The average molecular weight is 346 g/mol. The van der Waals surface area contributed by atoms with Crippen molar-refractivity contribution in [1.82, 2.24) is 10.3 Å². The van der Waals surface area contributed by atoms with Crippen molar-refractivity contribution in [2.75, 3.05) is 6.54 Å². The summed E-state index contributed by atoms with van der Waals surface area (Å²) in [5.74, 6) is 0. The fourth-order valence-electron chi connectivity index (χ4n) is 2.18. The van der Waals surface area contributed by atoms with Crippen molar-refractivity contribution < 1.29 is 24.9 Å². The Morgan fingerprint density at radius 1 is 1.16 bits per heavy atom. The Balaban J connectivity index is 1.69. The largest absolute Gasteiger partial charge is 0.445 e. The van der Waals surface area contributed by atoms with E-state index in [9.17, 15) is 15.0 Å². The van der Waals surface area contributed by atoms with Gasteiger partial charge in [-0.15, -0.1) is 0 Å². The van der Waals surface area contributed by atoms with Crippen LogP contribution < -0.4 is 5.32 Å². The minimum absolute atomic E-state index is 0.156. The highest BCUT2D eigenvalue weighted by atomic mass is 16.5. The van der Waals surface area contributed by atoms with Gasteiger partial charge in [0.25, 0.3) is 0 Å². The highest BCUT2D eigenvalue weighted by molar-refractivity contribution is 5.67. The maximum atomic E-state index is 11.6. The topological polar surface area (TPSA) is 112 Å². The smallest absolute Gasteiger partial charge is 0.407 e. The minimum atomic E-state index is -1.12. The van der Waals surface area contributed by atoms with E-state index in [4.69, 9.17) is 9.84 Å². The lowest BCUT2D eigenvalue weighted by Crippen LogP contribution is -2.29. The zero-order valence-corrected chi connectivity index (χ0v) is 13.7. The van der Waals surface area contributed by atoms with Crippen LogP contribution in [0.5, 0.6) is 0 Å². The predicted octanol–water partition coefficient (Wildman–Crippen LogP) is 1.28. The molecule has 1 amide bonds. The van der Waals surface area contributed by atoms with E-state index < -0.39 is 18.3 Å². The van der Waals surface area contributed by atoms with Crippen LogP contribution in [-0.2, 0) is 18.0 Å². The highest BCUT2D eigenvalue weighted by Gasteiger charge is 2.18. The van der Waals surface area contributed by atoms with Gasteiger partial charge in [0.15, 0.2) is 0 Å². The molecule has 2 aromatic rings. The van der Waals surface area contributed by atoms with Gasteiger partial charge in [-0.05, 0) is 18.1 Å². The molecule has 1 aromatic carbocycles. The van der Waals surface area contributed by atoms with Crippen LogP contribution in [0.3, 0.4) is 0 Å². The van der Waals surface area contributed by atoms with Crippen LogP contribution in [0.2, 0.25) is 0 Å². The van der Waals surface area contributed by atoms with Gasteiger partial charge in [-0.1, -0.05) is 36.4 Å². The second kappa shape index (κ2) is 9.73. The molecule has 2 rings (SSSR count). The standard InChI is InChI=1S/C18H22N2O5/c21-11-15-7-6-14(10-20-15)17(23)16(22)8-9-19-18(24)25-12-13-4-2-1-3-5-13/h1-7,10,16-17,21-23H,8-9,11-12H2,(H,19,24). The Kier molecular flexibility index (Phi) is 7.34. The summed E-state index contributed by atoms with van der Waals surface area (Å²) in [6, 6.07) is 12.5. The van der Waals surface area contributed by atoms with Crippen molar-refractivity contribution in [3.63, 3.8) is 0 Å². The molecule has 2 unspecified atom stereocenters. The molecule has 0 fully saturated rings. The van der Waals surface area contributed by atoms with Crippen LogP contribution in [0.25, 0.3) is 0 Å². The van der Waals surface area contributed by atoms with Gasteiger partial charge in [-0.3, -0.25) is 4.98 Å². The summed E-state index contributed by atoms with van der Waals surface area (Å²) < 4.78 is 5.05. The molecule has 0 spiro atoms. The van der Waals surface area contributed by atoms with Gasteiger partial charge in [0.2, 0.25) is 0 Å². The zero-order chi connectivity index (χ0) is 18.1. The molecule has 1 aromatic heterocycles. The van der Waals surface area contributed by atoms with Crippen molar-refractivity contribution >= 4 is 6.09 Å². The molecule has 0 aliphatic carbocycles. The number of nitrogens with one attached hydrogen (secondary N) is 1. The second-order valence-electron chi connectivity index (χ2n) is 5.53. The SMILES string of the molecule is O=C(NCCC(O)C(O)c1ccc(CO)nc1)OCc1ccccc1. The molecule has 134 valence electrons. The van der Waals surface area contributed by atoms with E-state index in [0.717, 1.165) is 5.56 Å². The summed E-state index contributed by atoms with van der Waals surface area (Å²) in [7, 11) is 0. The van der Waals surface area contributed by atoms with Crippen molar-refractivity contribution in [3.05, 3.63) is 65.5 Å². The van der Waals surface area contributed by atoms with Gasteiger partial charge in [0.1, 0.15) is 12.7 Å². The van der Waals surface area contributed by atoms with Gasteiger partial charge in [-0.25, -0.2) is 4.79 Å². The second-order valence-corrected chi connectivity index (χ2v) is 5.53. The number of pyridine rings is 1. The summed E-state index contributed by atoms with van der Waals surface area (Å²) in [5, 5.41) is 31.5. The third-order valence-corrected chi connectivity index (χ3v) is 3.64. The Morgan fingerprint density at radius 3 is 2.56 bits per heavy atom. The number of aliphatic hydroxyl groups excluding tert-OH is 3. The Morgan fingerprint density at radius 2 is 1.92 bits per heavy atom. The molecule has 0 saturated heterocycles. The first-order valence-corrected chi connectivity index (χ1v) is 7.96. The highest BCUT2D eigenvalue weighted by Crippen LogP contribution is 2.18. The molecule has 0 bridgehead atoms. The van der Waals surface area contributed by atoms with E-state index in [1.807, 2.05) is 30.3 Å². The summed E-state index contributed by atoms with van der Waals surface area (Å²) in [5.41, 5.74) is 1.80. The van der Waals surface area contributed by atoms with Crippen molar-refractivity contribution in [1.29, 1.82) is 0 Å². The third-order valence-electron chi connectivity index (χ3n) is 3.64. The summed E-state index contributed by atoms with van der Waals surface area (Å²) in [6.07, 6.45) is -1.21. The number of nitrogens with zero attached hydrogens (tertiary/aromatic N) is 1. The summed E-state index contributed by atoms with van der Waals surface area (Å²) in [4.78, 5) is 15.5. The Hall–Kier alpha value is -2.48. The number of carbonyl (C=O) groups is 1. The van der Waals surface area contributed by atoms with Gasteiger partial charge in [0, 0.05) is 18.3 Å². The van der Waals surface area contributed by atoms with Crippen molar-refractivity contribution in [3.8, 4) is 0 Å². The van der Waals surface area contributed by atoms with E-state index in [-0.39, 0.29) is 26.2 Å². The normalized spacial score (nSPS) is 13.1. The predicted molar refractivity (Wildman–Crippen MR) is 90.4 cm³/mol. The number of rotatable bonds is 8. The number of amides is 1. The maximum Gasteiger partial charge on any atom is 0.407 e. The molecule has 0 radical (unpaired) electrons. The van der Waals surface area contributed by atoms with Crippen LogP contribution in [0.1, 0.15) is 29.3 Å². The lowest BCUT2D eigenvalue weighted by atomic mass is 10.0. The van der Waals surface area contributed by atoms with Gasteiger partial charge >= 0.3 is 6.09 Å². The number of hydrogen-bond donors (Lipinski definition) is 4. The average Bonchev–Trinajstić information content (AvgIpc) is 2.66. The minimum Gasteiger partial charge on any atom is -0.445 e. The number of carbonyl (C=O) groups excluding carboxylic acids is 1. The monoisotopic (exact) mass is 346 g/mol. The first-order chi connectivity index (χ1) is 12.1. The number of hydrogen-bond acceptors (Lipinski definition) is 6. The van der Waals surface area contributed by atoms with Crippen LogP contribution in [0.15, 0.2) is 48.7 Å². The van der Waals surface area contributed by atoms with Crippen molar-refractivity contribution in [2.45, 2.75) is 31.8 Å². The van der Waals surface area contributed by atoms with E-state index in [1.165, 1.54) is 6.20 Å². The van der Waals surface area contributed by atoms with Crippen LogP contribution in [0.4, 0.5) is 4.79 Å². The Labute approximate surface area is 145 Å². The Bertz CT molecular complexity index is 648. The molecule has 0 aliphatic heterocycles. The molecule has 0 saturated carbocycles. The maximum absolute atomic E-state index is 11.6. The molecular formula is C18H22N2O5. The fraction of sp³-hybridized carbons (Fsp3) is 0.333. The van der Waals surface area contributed by atoms with E-state index >= 15 is 0 Å². The molecule has 1 heterocycles. The molecule has 4 N–H and O–H groups in total. The number of ether oxygens (including phenoxy) is 1. The first kappa shape index (κ1) is 18.9. The van der Waals surface area contributed by atoms with Crippen LogP contribution in [-0.4, -0.2) is 39.0 Å². The van der Waals surface area contributed by atoms with Crippen LogP contribution >= 0.6 is 0 Å². The number of benzene rings is 1. The van der Waals surface area contributed by atoms with Crippen molar-refractivity contribution in [2.24, 2.45) is 0 Å². The van der Waals surface area contributed by atoms with Gasteiger partial charge in [-0.2, -0.15) is 0 Å². The number of aromatic nitrogens is 1. The quantitative estimate of drug-likeness (QED) is 0.573. The lowest BCUT2D eigenvalue weighted by molar-refractivity contribution is 0.0134. The lowest BCUT2D eigenvalue weighted by Gasteiger charge is -2.18. The molecule has 2 atom stereocenters. The third kappa shape index (κ3) is 6.15. The van der Waals surface area contributed by atoms with E-state index in [1.54, 1.807) is 12.1 Å². The van der Waals surface area contributed by atoms with Gasteiger partial charge in [0.05, 0.1) is 18.4 Å².